The number of benzene rings is 1. The van der Waals surface area contributed by atoms with Crippen LogP contribution in [0.3, 0.4) is 0 Å². The van der Waals surface area contributed by atoms with Gasteiger partial charge in [0.1, 0.15) is 0 Å². The van der Waals surface area contributed by atoms with Crippen LogP contribution in [0.15, 0.2) is 42.0 Å². The minimum atomic E-state index is 1.08. The first kappa shape index (κ1) is 12.3. The summed E-state index contributed by atoms with van der Waals surface area (Å²) in [4.78, 5) is 2.54. The third-order valence-corrected chi connectivity index (χ3v) is 3.32. The predicted octanol–water partition coefficient (Wildman–Crippen LogP) is 2.08. The zero-order valence-electron chi connectivity index (χ0n) is 10.7. The maximum atomic E-state index is 3.39. The minimum Gasteiger partial charge on any atom is -0.314 e. The molecule has 0 saturated carbocycles. The number of allylic oxidation sites excluding steroid dienone is 1. The van der Waals surface area contributed by atoms with E-state index in [0.717, 1.165) is 26.1 Å². The highest BCUT2D eigenvalue weighted by molar-refractivity contribution is 5.22. The molecule has 1 N–H and O–H groups in total. The second kappa shape index (κ2) is 6.58. The van der Waals surface area contributed by atoms with E-state index in [1.807, 2.05) is 0 Å². The third kappa shape index (κ3) is 3.99. The van der Waals surface area contributed by atoms with Crippen molar-refractivity contribution in [3.63, 3.8) is 0 Å². The van der Waals surface area contributed by atoms with Crippen molar-refractivity contribution >= 4 is 0 Å². The lowest BCUT2D eigenvalue weighted by Gasteiger charge is -2.28. The molecule has 1 saturated heterocycles. The Labute approximate surface area is 104 Å². The first-order valence-corrected chi connectivity index (χ1v) is 6.49. The van der Waals surface area contributed by atoms with E-state index in [2.05, 4.69) is 53.5 Å². The van der Waals surface area contributed by atoms with Crippen LogP contribution in [0.4, 0.5) is 0 Å². The Bertz CT molecular complexity index is 350. The molecular formula is C15H22N2. The van der Waals surface area contributed by atoms with Gasteiger partial charge in [-0.15, -0.1) is 0 Å². The van der Waals surface area contributed by atoms with E-state index < -0.39 is 0 Å². The van der Waals surface area contributed by atoms with Crippen molar-refractivity contribution in [1.82, 2.24) is 10.2 Å². The summed E-state index contributed by atoms with van der Waals surface area (Å²) < 4.78 is 0. The Morgan fingerprint density at radius 2 is 1.94 bits per heavy atom. The molecule has 0 bridgehead atoms. The van der Waals surface area contributed by atoms with Gasteiger partial charge in [-0.05, 0) is 18.9 Å². The minimum absolute atomic E-state index is 1.08. The molecule has 1 aromatic carbocycles. The molecule has 0 aliphatic carbocycles. The highest BCUT2D eigenvalue weighted by Gasteiger charge is 2.10. The predicted molar refractivity (Wildman–Crippen MR) is 73.2 cm³/mol. The third-order valence-electron chi connectivity index (χ3n) is 3.32. The summed E-state index contributed by atoms with van der Waals surface area (Å²) in [5.74, 6) is 0. The van der Waals surface area contributed by atoms with Gasteiger partial charge in [0.05, 0.1) is 0 Å². The molecule has 17 heavy (non-hydrogen) atoms. The van der Waals surface area contributed by atoms with Crippen molar-refractivity contribution in [2.45, 2.75) is 13.3 Å². The fourth-order valence-corrected chi connectivity index (χ4v) is 2.26. The number of nitrogens with zero attached hydrogens (tertiary/aromatic N) is 1. The van der Waals surface area contributed by atoms with Crippen LogP contribution < -0.4 is 5.32 Å². The number of hydrogen-bond acceptors (Lipinski definition) is 2. The maximum absolute atomic E-state index is 3.39. The average molecular weight is 230 g/mol. The van der Waals surface area contributed by atoms with Crippen LogP contribution in [0.1, 0.15) is 12.5 Å². The highest BCUT2D eigenvalue weighted by Crippen LogP contribution is 2.10. The number of piperazine rings is 1. The standard InChI is InChI=1S/C15H22N2/c1-2-14(12-15-6-4-3-5-7-15)13-17-10-8-16-9-11-17/h2-7,16H,8-13H2,1H3. The molecular weight excluding hydrogens is 208 g/mol. The second-order valence-electron chi connectivity index (χ2n) is 4.64. The molecule has 0 unspecified atom stereocenters. The lowest BCUT2D eigenvalue weighted by Crippen LogP contribution is -2.44. The van der Waals surface area contributed by atoms with Crippen LogP contribution in [0, 0.1) is 0 Å². The maximum Gasteiger partial charge on any atom is 0.0197 e. The molecule has 1 aliphatic heterocycles. The van der Waals surface area contributed by atoms with Crippen LogP contribution in [0.2, 0.25) is 0 Å². The molecule has 92 valence electrons. The molecule has 0 atom stereocenters. The Balaban J connectivity index is 1.89. The Kier molecular flexibility index (Phi) is 4.77. The van der Waals surface area contributed by atoms with Crippen molar-refractivity contribution in [2.24, 2.45) is 0 Å². The number of rotatable bonds is 4. The Hall–Kier alpha value is -1.12. The van der Waals surface area contributed by atoms with Crippen LogP contribution in [-0.4, -0.2) is 37.6 Å². The van der Waals surface area contributed by atoms with Crippen molar-refractivity contribution < 1.29 is 0 Å². The SMILES string of the molecule is CC=C(Cc1ccccc1)CN1CCNCC1. The molecule has 0 spiro atoms. The van der Waals surface area contributed by atoms with E-state index in [1.54, 1.807) is 0 Å². The van der Waals surface area contributed by atoms with Crippen molar-refractivity contribution in [2.75, 3.05) is 32.7 Å². The van der Waals surface area contributed by atoms with Crippen molar-refractivity contribution in [3.8, 4) is 0 Å². The smallest absolute Gasteiger partial charge is 0.0197 e. The quantitative estimate of drug-likeness (QED) is 0.797. The summed E-state index contributed by atoms with van der Waals surface area (Å²) in [5.41, 5.74) is 2.94. The Morgan fingerprint density at radius 3 is 2.59 bits per heavy atom. The Morgan fingerprint density at radius 1 is 1.24 bits per heavy atom. The molecule has 1 aromatic rings. The molecule has 2 rings (SSSR count). The summed E-state index contributed by atoms with van der Waals surface area (Å²) >= 11 is 0. The lowest BCUT2D eigenvalue weighted by molar-refractivity contribution is 0.258. The molecule has 2 heteroatoms. The fraction of sp³-hybridized carbons (Fsp3) is 0.467. The summed E-state index contributed by atoms with van der Waals surface area (Å²) in [6, 6.07) is 10.7. The second-order valence-corrected chi connectivity index (χ2v) is 4.64. The number of hydrogen-bond donors (Lipinski definition) is 1. The fourth-order valence-electron chi connectivity index (χ4n) is 2.26. The monoisotopic (exact) mass is 230 g/mol. The van der Waals surface area contributed by atoms with Gasteiger partial charge in [-0.2, -0.15) is 0 Å². The molecule has 0 aromatic heterocycles. The topological polar surface area (TPSA) is 15.3 Å². The highest BCUT2D eigenvalue weighted by atomic mass is 15.2. The van der Waals surface area contributed by atoms with E-state index in [0.29, 0.717) is 0 Å². The van der Waals surface area contributed by atoms with Gasteiger partial charge >= 0.3 is 0 Å². The van der Waals surface area contributed by atoms with Gasteiger partial charge in [-0.3, -0.25) is 4.90 Å². The molecule has 1 aliphatic rings. The summed E-state index contributed by atoms with van der Waals surface area (Å²) in [7, 11) is 0. The number of nitrogens with one attached hydrogen (secondary N) is 1. The average Bonchev–Trinajstić information content (AvgIpc) is 2.40. The molecule has 0 radical (unpaired) electrons. The van der Waals surface area contributed by atoms with Gasteiger partial charge in [0.15, 0.2) is 0 Å². The van der Waals surface area contributed by atoms with Crippen molar-refractivity contribution in [1.29, 1.82) is 0 Å². The van der Waals surface area contributed by atoms with E-state index in [1.165, 1.54) is 24.2 Å². The zero-order chi connectivity index (χ0) is 11.9. The zero-order valence-corrected chi connectivity index (χ0v) is 10.7. The normalized spacial score (nSPS) is 18.3. The van der Waals surface area contributed by atoms with Crippen LogP contribution in [0.5, 0.6) is 0 Å². The summed E-state index contributed by atoms with van der Waals surface area (Å²) in [6.45, 7) is 7.87. The first-order valence-electron chi connectivity index (χ1n) is 6.49. The first-order chi connectivity index (χ1) is 8.38. The largest absolute Gasteiger partial charge is 0.314 e. The van der Waals surface area contributed by atoms with Gasteiger partial charge < -0.3 is 5.32 Å². The van der Waals surface area contributed by atoms with E-state index in [-0.39, 0.29) is 0 Å². The van der Waals surface area contributed by atoms with E-state index >= 15 is 0 Å². The lowest BCUT2D eigenvalue weighted by atomic mass is 10.0. The van der Waals surface area contributed by atoms with Crippen molar-refractivity contribution in [3.05, 3.63) is 47.5 Å². The van der Waals surface area contributed by atoms with Gasteiger partial charge in [0.2, 0.25) is 0 Å². The molecule has 0 amide bonds. The molecule has 2 nitrogen and oxygen atoms in total. The van der Waals surface area contributed by atoms with Gasteiger partial charge in [-0.25, -0.2) is 0 Å². The van der Waals surface area contributed by atoms with Gasteiger partial charge in [0, 0.05) is 32.7 Å². The van der Waals surface area contributed by atoms with Gasteiger partial charge in [-0.1, -0.05) is 42.0 Å². The summed E-state index contributed by atoms with van der Waals surface area (Å²) in [5, 5.41) is 3.39. The van der Waals surface area contributed by atoms with Crippen LogP contribution >= 0.6 is 0 Å². The van der Waals surface area contributed by atoms with Gasteiger partial charge in [0.25, 0.3) is 0 Å². The van der Waals surface area contributed by atoms with Crippen LogP contribution in [0.25, 0.3) is 0 Å². The van der Waals surface area contributed by atoms with E-state index in [9.17, 15) is 0 Å². The molecule has 1 heterocycles. The summed E-state index contributed by atoms with van der Waals surface area (Å²) in [6.07, 6.45) is 3.36. The van der Waals surface area contributed by atoms with Crippen LogP contribution in [-0.2, 0) is 6.42 Å². The van der Waals surface area contributed by atoms with E-state index in [4.69, 9.17) is 0 Å². The molecule has 1 fully saturated rings.